The Bertz CT molecular complexity index is 1460. The summed E-state index contributed by atoms with van der Waals surface area (Å²) < 4.78 is 27.0. The highest BCUT2D eigenvalue weighted by Gasteiger charge is 2.43. The third-order valence-corrected chi connectivity index (χ3v) is 7.42. The molecule has 0 saturated carbocycles. The standard InChI is InChI=1S/C32H29F2N3O2/c1-22-3-2-4-29(36-22)21-35-31(39)32(26-11-15-28(34)16-12-26)17-19-37(20-18-32)30(38)25-7-5-23(6-8-25)24-9-13-27(33)14-10-24/h2-16H,17-21H2,1H3,(H,35,39). The van der Waals surface area contributed by atoms with Gasteiger partial charge in [-0.3, -0.25) is 14.6 Å². The van der Waals surface area contributed by atoms with Crippen LogP contribution in [0, 0.1) is 18.6 Å². The van der Waals surface area contributed by atoms with Crippen molar-refractivity contribution >= 4 is 11.8 Å². The minimum absolute atomic E-state index is 0.113. The molecule has 0 atom stereocenters. The zero-order valence-corrected chi connectivity index (χ0v) is 21.7. The van der Waals surface area contributed by atoms with Crippen molar-refractivity contribution in [2.24, 2.45) is 0 Å². The van der Waals surface area contributed by atoms with E-state index in [0.717, 1.165) is 28.1 Å². The maximum absolute atomic E-state index is 13.7. The molecule has 1 aliphatic heterocycles. The number of halogens is 2. The lowest BCUT2D eigenvalue weighted by molar-refractivity contribution is -0.128. The van der Waals surface area contributed by atoms with Crippen LogP contribution >= 0.6 is 0 Å². The van der Waals surface area contributed by atoms with Gasteiger partial charge in [-0.05, 0) is 85.0 Å². The number of hydrogen-bond acceptors (Lipinski definition) is 3. The van der Waals surface area contributed by atoms with Gasteiger partial charge in [0.2, 0.25) is 5.91 Å². The van der Waals surface area contributed by atoms with E-state index in [9.17, 15) is 18.4 Å². The molecule has 2 heterocycles. The first-order chi connectivity index (χ1) is 18.8. The number of aryl methyl sites for hydroxylation is 1. The fraction of sp³-hybridized carbons (Fsp3) is 0.219. The summed E-state index contributed by atoms with van der Waals surface area (Å²) in [6, 6.07) is 25.2. The number of likely N-dealkylation sites (tertiary alicyclic amines) is 1. The number of nitrogens with one attached hydrogen (secondary N) is 1. The molecular formula is C32H29F2N3O2. The zero-order chi connectivity index (χ0) is 27.4. The fourth-order valence-corrected chi connectivity index (χ4v) is 5.18. The van der Waals surface area contributed by atoms with Gasteiger partial charge < -0.3 is 10.2 Å². The Kier molecular flexibility index (Phi) is 7.50. The third-order valence-electron chi connectivity index (χ3n) is 7.42. The number of amides is 2. The maximum Gasteiger partial charge on any atom is 0.253 e. The molecule has 1 N–H and O–H groups in total. The first-order valence-corrected chi connectivity index (χ1v) is 13.0. The Balaban J connectivity index is 1.31. The van der Waals surface area contributed by atoms with E-state index in [1.807, 2.05) is 37.3 Å². The van der Waals surface area contributed by atoms with Crippen LogP contribution in [0.3, 0.4) is 0 Å². The second-order valence-electron chi connectivity index (χ2n) is 9.92. The van der Waals surface area contributed by atoms with Crippen LogP contribution in [0.2, 0.25) is 0 Å². The Morgan fingerprint density at radius 1 is 0.821 bits per heavy atom. The lowest BCUT2D eigenvalue weighted by Gasteiger charge is -2.41. The Morgan fingerprint density at radius 2 is 1.38 bits per heavy atom. The summed E-state index contributed by atoms with van der Waals surface area (Å²) in [5.41, 5.74) is 3.77. The third kappa shape index (κ3) is 5.72. The van der Waals surface area contributed by atoms with Crippen LogP contribution in [0.5, 0.6) is 0 Å². The van der Waals surface area contributed by atoms with Gasteiger partial charge in [-0.15, -0.1) is 0 Å². The van der Waals surface area contributed by atoms with E-state index in [2.05, 4.69) is 10.3 Å². The number of pyridine rings is 1. The van der Waals surface area contributed by atoms with E-state index in [1.54, 1.807) is 41.3 Å². The van der Waals surface area contributed by atoms with Gasteiger partial charge in [0.1, 0.15) is 11.6 Å². The van der Waals surface area contributed by atoms with Crippen LogP contribution in [0.15, 0.2) is 91.0 Å². The second kappa shape index (κ2) is 11.2. The van der Waals surface area contributed by atoms with E-state index >= 15 is 0 Å². The Hall–Kier alpha value is -4.39. The molecule has 1 saturated heterocycles. The van der Waals surface area contributed by atoms with Gasteiger partial charge in [-0.25, -0.2) is 8.78 Å². The zero-order valence-electron chi connectivity index (χ0n) is 21.7. The lowest BCUT2D eigenvalue weighted by Crippen LogP contribution is -2.52. The van der Waals surface area contributed by atoms with E-state index in [1.165, 1.54) is 24.3 Å². The van der Waals surface area contributed by atoms with Crippen LogP contribution in [0.25, 0.3) is 11.1 Å². The number of carbonyl (C=O) groups excluding carboxylic acids is 2. The van der Waals surface area contributed by atoms with Crippen molar-refractivity contribution in [1.82, 2.24) is 15.2 Å². The van der Waals surface area contributed by atoms with E-state index in [0.29, 0.717) is 31.5 Å². The molecule has 1 aliphatic rings. The molecule has 7 heteroatoms. The van der Waals surface area contributed by atoms with E-state index in [4.69, 9.17) is 0 Å². The Labute approximate surface area is 226 Å². The molecule has 3 aromatic carbocycles. The molecule has 0 spiro atoms. The van der Waals surface area contributed by atoms with Crippen LogP contribution in [0.4, 0.5) is 8.78 Å². The maximum atomic E-state index is 13.7. The van der Waals surface area contributed by atoms with Gasteiger partial charge in [0.05, 0.1) is 17.7 Å². The summed E-state index contributed by atoms with van der Waals surface area (Å²) in [6.07, 6.45) is 0.816. The quantitative estimate of drug-likeness (QED) is 0.345. The highest BCUT2D eigenvalue weighted by Crippen LogP contribution is 2.37. The minimum Gasteiger partial charge on any atom is -0.350 e. The summed E-state index contributed by atoms with van der Waals surface area (Å²) in [6.45, 7) is 2.94. The number of piperidine rings is 1. The van der Waals surface area contributed by atoms with Crippen molar-refractivity contribution < 1.29 is 18.4 Å². The largest absolute Gasteiger partial charge is 0.350 e. The molecular weight excluding hydrogens is 496 g/mol. The number of nitrogens with zero attached hydrogens (tertiary/aromatic N) is 2. The van der Waals surface area contributed by atoms with Crippen molar-refractivity contribution in [3.05, 3.63) is 125 Å². The van der Waals surface area contributed by atoms with Crippen molar-refractivity contribution in [1.29, 1.82) is 0 Å². The smallest absolute Gasteiger partial charge is 0.253 e. The van der Waals surface area contributed by atoms with Crippen LogP contribution in [-0.4, -0.2) is 34.8 Å². The second-order valence-corrected chi connectivity index (χ2v) is 9.92. The van der Waals surface area contributed by atoms with E-state index in [-0.39, 0.29) is 30.0 Å². The Morgan fingerprint density at radius 3 is 1.97 bits per heavy atom. The number of rotatable bonds is 6. The number of aromatic nitrogens is 1. The van der Waals surface area contributed by atoms with Gasteiger partial charge in [0.25, 0.3) is 5.91 Å². The summed E-state index contributed by atoms with van der Waals surface area (Å²) >= 11 is 0. The summed E-state index contributed by atoms with van der Waals surface area (Å²) in [7, 11) is 0. The lowest BCUT2D eigenvalue weighted by atomic mass is 9.71. The first kappa shape index (κ1) is 26.2. The van der Waals surface area contributed by atoms with Crippen molar-refractivity contribution in [3.8, 4) is 11.1 Å². The monoisotopic (exact) mass is 525 g/mol. The van der Waals surface area contributed by atoms with E-state index < -0.39 is 5.41 Å². The molecule has 0 unspecified atom stereocenters. The summed E-state index contributed by atoms with van der Waals surface area (Å²) in [5.74, 6) is -0.936. The molecule has 5 nitrogen and oxygen atoms in total. The number of hydrogen-bond donors (Lipinski definition) is 1. The number of carbonyl (C=O) groups is 2. The molecule has 1 aromatic heterocycles. The molecule has 198 valence electrons. The van der Waals surface area contributed by atoms with Crippen LogP contribution in [0.1, 0.15) is 40.2 Å². The van der Waals surface area contributed by atoms with Crippen molar-refractivity contribution in [2.45, 2.75) is 31.7 Å². The highest BCUT2D eigenvalue weighted by molar-refractivity contribution is 5.95. The first-order valence-electron chi connectivity index (χ1n) is 13.0. The molecule has 4 aromatic rings. The van der Waals surface area contributed by atoms with Gasteiger partial charge in [0.15, 0.2) is 0 Å². The molecule has 0 bridgehead atoms. The normalized spacial score (nSPS) is 14.6. The number of benzene rings is 3. The predicted molar refractivity (Wildman–Crippen MR) is 146 cm³/mol. The molecule has 1 fully saturated rings. The van der Waals surface area contributed by atoms with Gasteiger partial charge >= 0.3 is 0 Å². The average molecular weight is 526 g/mol. The minimum atomic E-state index is -0.888. The predicted octanol–water partition coefficient (Wildman–Crippen LogP) is 5.83. The SMILES string of the molecule is Cc1cccc(CNC(=O)C2(c3ccc(F)cc3)CCN(C(=O)c3ccc(-c4ccc(F)cc4)cc3)CC2)n1. The van der Waals surface area contributed by atoms with Crippen molar-refractivity contribution in [2.75, 3.05) is 13.1 Å². The topological polar surface area (TPSA) is 62.3 Å². The molecule has 2 amide bonds. The van der Waals surface area contributed by atoms with Gasteiger partial charge in [0, 0.05) is 24.3 Å². The summed E-state index contributed by atoms with van der Waals surface area (Å²) in [5, 5.41) is 3.03. The van der Waals surface area contributed by atoms with Gasteiger partial charge in [-0.1, -0.05) is 42.5 Å². The van der Waals surface area contributed by atoms with Crippen molar-refractivity contribution in [3.63, 3.8) is 0 Å². The molecule has 0 radical (unpaired) electrons. The van der Waals surface area contributed by atoms with Crippen LogP contribution < -0.4 is 5.32 Å². The molecule has 0 aliphatic carbocycles. The van der Waals surface area contributed by atoms with Gasteiger partial charge in [-0.2, -0.15) is 0 Å². The molecule has 39 heavy (non-hydrogen) atoms. The average Bonchev–Trinajstić information content (AvgIpc) is 2.96. The molecule has 5 rings (SSSR count). The highest BCUT2D eigenvalue weighted by atomic mass is 19.1. The summed E-state index contributed by atoms with van der Waals surface area (Å²) in [4.78, 5) is 33.2. The van der Waals surface area contributed by atoms with Crippen LogP contribution in [-0.2, 0) is 16.8 Å². The fourth-order valence-electron chi connectivity index (χ4n) is 5.18.